The second-order valence-corrected chi connectivity index (χ2v) is 15.9. The molecule has 0 aliphatic heterocycles. The van der Waals surface area contributed by atoms with Crippen LogP contribution in [-0.2, 0) is 25.3 Å². The van der Waals surface area contributed by atoms with Crippen LogP contribution < -0.4 is 30.0 Å². The minimum atomic E-state index is -4.61. The van der Waals surface area contributed by atoms with Gasteiger partial charge in [0, 0.05) is 17.7 Å². The zero-order valence-corrected chi connectivity index (χ0v) is 31.3. The van der Waals surface area contributed by atoms with Crippen LogP contribution >= 0.6 is 23.2 Å². The van der Waals surface area contributed by atoms with Gasteiger partial charge in [-0.3, -0.25) is 5.32 Å². The predicted octanol–water partition coefficient (Wildman–Crippen LogP) is 4.41. The zero-order chi connectivity index (χ0) is 37.6. The van der Waals surface area contributed by atoms with Crippen molar-refractivity contribution in [2.75, 3.05) is 25.3 Å². The maximum absolute atomic E-state index is 12.5. The van der Waals surface area contributed by atoms with Gasteiger partial charge in [-0.1, -0.05) is 50.9 Å². The average molecular weight is 777 g/mol. The molecule has 0 saturated heterocycles. The largest absolute Gasteiger partial charge is 0.489 e. The first-order chi connectivity index (χ1) is 23.2. The highest BCUT2D eigenvalue weighted by Crippen LogP contribution is 2.33. The molecular formula is C29H35Cl2N7O10S2. The molecule has 1 aromatic carbocycles. The number of carbonyl (C=O) groups excluding carboxylic acids is 1. The fraction of sp³-hybridized carbons (Fsp3) is 0.379. The molecule has 2 N–H and O–H groups in total. The lowest BCUT2D eigenvalue weighted by molar-refractivity contribution is 0.242. The van der Waals surface area contributed by atoms with Crippen molar-refractivity contribution >= 4 is 55.0 Å². The molecule has 0 bridgehead atoms. The quantitative estimate of drug-likeness (QED) is 0.228. The van der Waals surface area contributed by atoms with Crippen molar-refractivity contribution < 1.29 is 40.3 Å². The smallest absolute Gasteiger partial charge is 0.442 e. The number of pyridine rings is 1. The topological polar surface area (TPSA) is 224 Å². The Labute approximate surface area is 298 Å². The molecule has 0 fully saturated rings. The number of hydrogen-bond acceptors (Lipinski definition) is 14. The molecule has 0 unspecified atom stereocenters. The number of hydrogen-bond donors (Lipinski definition) is 2. The van der Waals surface area contributed by atoms with Crippen LogP contribution in [0.15, 0.2) is 55.7 Å². The number of amides is 2. The van der Waals surface area contributed by atoms with E-state index in [4.69, 9.17) is 41.8 Å². The van der Waals surface area contributed by atoms with Crippen molar-refractivity contribution in [3.05, 3.63) is 63.0 Å². The van der Waals surface area contributed by atoms with Gasteiger partial charge < -0.3 is 18.6 Å². The van der Waals surface area contributed by atoms with E-state index in [0.29, 0.717) is 22.4 Å². The number of benzene rings is 1. The highest BCUT2D eigenvalue weighted by atomic mass is 35.5. The number of carbonyl (C=O) groups is 1. The first-order valence-corrected chi connectivity index (χ1v) is 18.4. The van der Waals surface area contributed by atoms with Gasteiger partial charge >= 0.3 is 11.8 Å². The van der Waals surface area contributed by atoms with E-state index in [-0.39, 0.29) is 40.0 Å². The van der Waals surface area contributed by atoms with Crippen molar-refractivity contribution in [2.45, 2.75) is 63.0 Å². The number of urea groups is 1. The Hall–Kier alpha value is -4.46. The number of rotatable bonds is 10. The maximum atomic E-state index is 12.5. The highest BCUT2D eigenvalue weighted by molar-refractivity contribution is 7.93. The van der Waals surface area contributed by atoms with Crippen molar-refractivity contribution in [3.63, 3.8) is 0 Å². The molecule has 0 aliphatic carbocycles. The Kier molecular flexibility index (Phi) is 12.8. The number of sulfonamides is 1. The highest BCUT2D eigenvalue weighted by Gasteiger charge is 2.29. The van der Waals surface area contributed by atoms with Gasteiger partial charge in [0.2, 0.25) is 23.6 Å². The molecule has 4 rings (SSSR count). The van der Waals surface area contributed by atoms with Crippen LogP contribution in [0.4, 0.5) is 10.7 Å². The third-order valence-electron chi connectivity index (χ3n) is 6.04. The Morgan fingerprint density at radius 1 is 1.02 bits per heavy atom. The summed E-state index contributed by atoms with van der Waals surface area (Å²) in [5, 5.41) is 6.18. The van der Waals surface area contributed by atoms with Gasteiger partial charge in [0.05, 0.1) is 47.9 Å². The molecule has 2 amide bonds. The molecule has 0 spiro atoms. The van der Waals surface area contributed by atoms with Crippen LogP contribution in [0, 0.1) is 0 Å². The number of sulfone groups is 1. The molecule has 21 heteroatoms. The van der Waals surface area contributed by atoms with Crippen molar-refractivity contribution in [2.24, 2.45) is 0 Å². The van der Waals surface area contributed by atoms with Crippen LogP contribution in [0.25, 0.3) is 5.69 Å². The summed E-state index contributed by atoms with van der Waals surface area (Å²) in [5.41, 5.74) is -0.0217. The number of aromatic nitrogens is 5. The van der Waals surface area contributed by atoms with Gasteiger partial charge in [-0.15, -0.1) is 5.10 Å². The van der Waals surface area contributed by atoms with E-state index in [1.54, 1.807) is 10.8 Å². The SMILES string of the molecule is CC(C)Oc1cc(-n2nc(C(C)(C)C)oc2=O)c(Cl)cc1Cl.CCS(=O)(=O)c1cccnc1S(=O)(=O)NC(=O)Nc1nc(OC)cc(OC)n1. The summed E-state index contributed by atoms with van der Waals surface area (Å²) in [5.74, 6) is -0.364. The van der Waals surface area contributed by atoms with Crippen molar-refractivity contribution in [3.8, 4) is 23.2 Å². The maximum Gasteiger partial charge on any atom is 0.442 e. The summed E-state index contributed by atoms with van der Waals surface area (Å²) in [4.78, 5) is 34.9. The molecule has 0 saturated carbocycles. The van der Waals surface area contributed by atoms with Crippen LogP contribution in [-0.4, -0.2) is 73.7 Å². The Bertz CT molecular complexity index is 2110. The third kappa shape index (κ3) is 10.1. The lowest BCUT2D eigenvalue weighted by atomic mass is 9.97. The van der Waals surface area contributed by atoms with Gasteiger partial charge in [-0.05, 0) is 32.0 Å². The molecule has 50 heavy (non-hydrogen) atoms. The molecule has 0 aliphatic rings. The summed E-state index contributed by atoms with van der Waals surface area (Å²) in [6.45, 7) is 10.8. The lowest BCUT2D eigenvalue weighted by Crippen LogP contribution is -2.36. The number of nitrogens with zero attached hydrogens (tertiary/aromatic N) is 5. The van der Waals surface area contributed by atoms with E-state index in [1.165, 1.54) is 39.3 Å². The molecule has 0 radical (unpaired) electrons. The second-order valence-electron chi connectivity index (χ2n) is 11.3. The van der Waals surface area contributed by atoms with E-state index in [2.05, 4.69) is 25.4 Å². The van der Waals surface area contributed by atoms with Crippen molar-refractivity contribution in [1.29, 1.82) is 0 Å². The summed E-state index contributed by atoms with van der Waals surface area (Å²) in [6.07, 6.45) is 1.03. The Balaban J connectivity index is 0.000000278. The van der Waals surface area contributed by atoms with Crippen LogP contribution in [0.2, 0.25) is 10.0 Å². The molecule has 17 nitrogen and oxygen atoms in total. The number of methoxy groups -OCH3 is 2. The minimum Gasteiger partial charge on any atom is -0.489 e. The summed E-state index contributed by atoms with van der Waals surface area (Å²) in [6, 6.07) is 5.58. The molecule has 0 atom stereocenters. The minimum absolute atomic E-state index is 0.0612. The Morgan fingerprint density at radius 3 is 2.16 bits per heavy atom. The Morgan fingerprint density at radius 2 is 1.64 bits per heavy atom. The van der Waals surface area contributed by atoms with E-state index in [0.717, 1.165) is 16.9 Å². The van der Waals surface area contributed by atoms with Gasteiger partial charge in [-0.2, -0.15) is 23.1 Å². The third-order valence-corrected chi connectivity index (χ3v) is 9.81. The molecule has 272 valence electrons. The number of nitrogens with one attached hydrogen (secondary N) is 2. The molecule has 3 heterocycles. The molecule has 4 aromatic rings. The van der Waals surface area contributed by atoms with E-state index < -0.39 is 41.6 Å². The second kappa shape index (κ2) is 16.0. The molecular weight excluding hydrogens is 741 g/mol. The summed E-state index contributed by atoms with van der Waals surface area (Å²) in [7, 11) is -5.85. The van der Waals surface area contributed by atoms with Gasteiger partial charge in [0.1, 0.15) is 10.6 Å². The summed E-state index contributed by atoms with van der Waals surface area (Å²) >= 11 is 12.3. The lowest BCUT2D eigenvalue weighted by Gasteiger charge is -2.13. The van der Waals surface area contributed by atoms with E-state index >= 15 is 0 Å². The van der Waals surface area contributed by atoms with Crippen LogP contribution in [0.1, 0.15) is 47.4 Å². The normalized spacial score (nSPS) is 11.7. The number of anilines is 1. The first-order valence-electron chi connectivity index (χ1n) is 14.5. The van der Waals surface area contributed by atoms with Crippen molar-refractivity contribution in [1.82, 2.24) is 29.5 Å². The van der Waals surface area contributed by atoms with E-state index in [1.807, 2.05) is 34.6 Å². The zero-order valence-electron chi connectivity index (χ0n) is 28.1. The monoisotopic (exact) mass is 775 g/mol. The molecule has 3 aromatic heterocycles. The number of halogens is 2. The number of ether oxygens (including phenoxy) is 3. The van der Waals surface area contributed by atoms with E-state index in [9.17, 15) is 26.4 Å². The average Bonchev–Trinajstić information content (AvgIpc) is 3.43. The van der Waals surface area contributed by atoms with Gasteiger partial charge in [0.25, 0.3) is 10.0 Å². The fourth-order valence-corrected chi connectivity index (χ4v) is 6.75. The van der Waals surface area contributed by atoms with Crippen LogP contribution in [0.5, 0.6) is 17.5 Å². The van der Waals surface area contributed by atoms with Gasteiger partial charge in [0.15, 0.2) is 14.9 Å². The predicted molar refractivity (Wildman–Crippen MR) is 183 cm³/mol. The van der Waals surface area contributed by atoms with Gasteiger partial charge in [-0.25, -0.2) is 27.7 Å². The standard InChI is InChI=1S/C15H18Cl2N2O3.C14H17N5O7S2/c1-8(2)21-12-7-11(9(16)6-10(12)17)19-14(20)22-13(18-19)15(3,4)5;1-4-27(21,22)9-6-5-7-15-12(9)28(23,24)19-14(20)18-13-16-10(25-2)8-11(17-13)26-3/h6-8H,1-5H3;5-8H,4H2,1-3H3,(H2,16,17,18,19,20). The first kappa shape index (κ1) is 40.0. The summed E-state index contributed by atoms with van der Waals surface area (Å²) < 4.78 is 72.6. The fourth-order valence-electron chi connectivity index (χ4n) is 3.69. The van der Waals surface area contributed by atoms with Crippen LogP contribution in [0.3, 0.4) is 0 Å².